The molecule has 3 rings (SSSR count). The van der Waals surface area contributed by atoms with E-state index in [1.54, 1.807) is 6.20 Å². The molecule has 23 heavy (non-hydrogen) atoms. The molecule has 7 nitrogen and oxygen atoms in total. The van der Waals surface area contributed by atoms with Gasteiger partial charge >= 0.3 is 0 Å². The summed E-state index contributed by atoms with van der Waals surface area (Å²) < 4.78 is 26.9. The predicted octanol–water partition coefficient (Wildman–Crippen LogP) is 1.68. The van der Waals surface area contributed by atoms with Crippen molar-refractivity contribution in [3.05, 3.63) is 41.6 Å². The van der Waals surface area contributed by atoms with Crippen LogP contribution < -0.4 is 5.73 Å². The average molecular weight is 354 g/mol. The lowest BCUT2D eigenvalue weighted by Gasteiger charge is -2.31. The van der Waals surface area contributed by atoms with Gasteiger partial charge in [-0.3, -0.25) is 0 Å². The Kier molecular flexibility index (Phi) is 4.47. The second-order valence-electron chi connectivity index (χ2n) is 5.35. The van der Waals surface area contributed by atoms with Crippen LogP contribution in [-0.4, -0.2) is 40.8 Å². The number of sulfonamides is 1. The monoisotopic (exact) mass is 353 g/mol. The SMILES string of the molecule is Nc1ncc(Cl)cc1S(=O)(=O)N1CCC(c2ccncn2)CC1. The summed E-state index contributed by atoms with van der Waals surface area (Å²) in [5, 5.41) is 0.244. The number of hydrogen-bond acceptors (Lipinski definition) is 6. The number of anilines is 1. The van der Waals surface area contributed by atoms with Crippen molar-refractivity contribution in [3.8, 4) is 0 Å². The number of piperidine rings is 1. The van der Waals surface area contributed by atoms with E-state index in [0.29, 0.717) is 25.9 Å². The Labute approximate surface area is 139 Å². The Bertz CT molecular complexity index is 792. The minimum atomic E-state index is -3.69. The van der Waals surface area contributed by atoms with Gasteiger partial charge in [-0.05, 0) is 25.0 Å². The maximum Gasteiger partial charge on any atom is 0.246 e. The van der Waals surface area contributed by atoms with E-state index in [4.69, 9.17) is 17.3 Å². The Morgan fingerprint density at radius 3 is 2.65 bits per heavy atom. The molecule has 0 saturated carbocycles. The molecule has 1 aliphatic rings. The van der Waals surface area contributed by atoms with Gasteiger partial charge in [-0.25, -0.2) is 23.4 Å². The van der Waals surface area contributed by atoms with E-state index >= 15 is 0 Å². The van der Waals surface area contributed by atoms with Crippen molar-refractivity contribution < 1.29 is 8.42 Å². The molecule has 1 fully saturated rings. The highest BCUT2D eigenvalue weighted by molar-refractivity contribution is 7.89. The van der Waals surface area contributed by atoms with Gasteiger partial charge in [0.1, 0.15) is 17.0 Å². The molecular weight excluding hydrogens is 338 g/mol. The van der Waals surface area contributed by atoms with E-state index in [9.17, 15) is 8.42 Å². The van der Waals surface area contributed by atoms with E-state index < -0.39 is 10.0 Å². The zero-order valence-corrected chi connectivity index (χ0v) is 13.8. The summed E-state index contributed by atoms with van der Waals surface area (Å²) >= 11 is 5.85. The van der Waals surface area contributed by atoms with Gasteiger partial charge in [0.2, 0.25) is 10.0 Å². The Morgan fingerprint density at radius 2 is 2.00 bits per heavy atom. The molecule has 0 aliphatic carbocycles. The van der Waals surface area contributed by atoms with Crippen LogP contribution in [-0.2, 0) is 10.0 Å². The van der Waals surface area contributed by atoms with Crippen molar-refractivity contribution in [1.29, 1.82) is 0 Å². The average Bonchev–Trinajstić information content (AvgIpc) is 2.58. The van der Waals surface area contributed by atoms with Gasteiger partial charge in [-0.2, -0.15) is 4.31 Å². The molecule has 0 aromatic carbocycles. The number of hydrogen-bond donors (Lipinski definition) is 1. The summed E-state index contributed by atoms with van der Waals surface area (Å²) in [4.78, 5) is 11.9. The summed E-state index contributed by atoms with van der Waals surface area (Å²) in [6.07, 6.45) is 5.94. The van der Waals surface area contributed by atoms with Crippen molar-refractivity contribution in [2.24, 2.45) is 0 Å². The summed E-state index contributed by atoms with van der Waals surface area (Å²) in [6, 6.07) is 3.21. The molecule has 2 aromatic heterocycles. The van der Waals surface area contributed by atoms with Gasteiger partial charge in [0.25, 0.3) is 0 Å². The molecule has 0 bridgehead atoms. The third-order valence-corrected chi connectivity index (χ3v) is 6.08. The van der Waals surface area contributed by atoms with Gasteiger partial charge in [-0.1, -0.05) is 11.6 Å². The smallest absolute Gasteiger partial charge is 0.246 e. The largest absolute Gasteiger partial charge is 0.383 e. The minimum absolute atomic E-state index is 0.0349. The van der Waals surface area contributed by atoms with Crippen LogP contribution in [0.25, 0.3) is 0 Å². The first-order valence-electron chi connectivity index (χ1n) is 7.15. The molecule has 2 aromatic rings. The highest BCUT2D eigenvalue weighted by atomic mass is 35.5. The number of rotatable bonds is 3. The number of nitrogen functional groups attached to an aromatic ring is 1. The van der Waals surface area contributed by atoms with Gasteiger partial charge in [-0.15, -0.1) is 0 Å². The Balaban J connectivity index is 1.78. The van der Waals surface area contributed by atoms with Crippen LogP contribution >= 0.6 is 11.6 Å². The normalized spacial score (nSPS) is 17.3. The Morgan fingerprint density at radius 1 is 1.26 bits per heavy atom. The molecule has 0 spiro atoms. The second kappa shape index (κ2) is 6.38. The fraction of sp³-hybridized carbons (Fsp3) is 0.357. The summed E-state index contributed by atoms with van der Waals surface area (Å²) in [5.41, 5.74) is 6.65. The molecular formula is C14H16ClN5O2S. The number of nitrogens with zero attached hydrogens (tertiary/aromatic N) is 4. The first-order chi connectivity index (χ1) is 11.0. The lowest BCUT2D eigenvalue weighted by Crippen LogP contribution is -2.38. The van der Waals surface area contributed by atoms with Crippen LogP contribution in [0.15, 0.2) is 35.7 Å². The molecule has 1 aliphatic heterocycles. The molecule has 1 saturated heterocycles. The van der Waals surface area contributed by atoms with Crippen molar-refractivity contribution in [2.45, 2.75) is 23.7 Å². The van der Waals surface area contributed by atoms with Crippen molar-refractivity contribution in [3.63, 3.8) is 0 Å². The van der Waals surface area contributed by atoms with Crippen LogP contribution in [0, 0.1) is 0 Å². The summed E-state index contributed by atoms with van der Waals surface area (Å²) in [7, 11) is -3.69. The lowest BCUT2D eigenvalue weighted by molar-refractivity contribution is 0.316. The summed E-state index contributed by atoms with van der Waals surface area (Å²) in [6.45, 7) is 0.811. The number of aromatic nitrogens is 3. The standard InChI is InChI=1S/C14H16ClN5O2S/c15-11-7-13(14(16)18-8-11)23(21,22)20-5-2-10(3-6-20)12-1-4-17-9-19-12/h1,4,7-10H,2-3,5-6H2,(H2,16,18). The van der Waals surface area contributed by atoms with E-state index in [1.165, 1.54) is 22.9 Å². The molecule has 9 heteroatoms. The topological polar surface area (TPSA) is 102 Å². The number of halogens is 1. The van der Waals surface area contributed by atoms with Crippen LogP contribution in [0.2, 0.25) is 5.02 Å². The van der Waals surface area contributed by atoms with Crippen LogP contribution in [0.4, 0.5) is 5.82 Å². The molecule has 122 valence electrons. The van der Waals surface area contributed by atoms with Gasteiger partial charge < -0.3 is 5.73 Å². The Hall–Kier alpha value is -1.77. The third-order valence-electron chi connectivity index (χ3n) is 3.94. The first-order valence-corrected chi connectivity index (χ1v) is 8.97. The summed E-state index contributed by atoms with van der Waals surface area (Å²) in [5.74, 6) is 0.201. The van der Waals surface area contributed by atoms with Crippen LogP contribution in [0.1, 0.15) is 24.5 Å². The second-order valence-corrected chi connectivity index (χ2v) is 7.69. The molecule has 0 amide bonds. The predicted molar refractivity (Wildman–Crippen MR) is 86.4 cm³/mol. The van der Waals surface area contributed by atoms with Gasteiger partial charge in [0.05, 0.1) is 5.02 Å². The zero-order valence-electron chi connectivity index (χ0n) is 12.3. The van der Waals surface area contributed by atoms with Crippen molar-refractivity contribution in [2.75, 3.05) is 18.8 Å². The molecule has 0 radical (unpaired) electrons. The van der Waals surface area contributed by atoms with E-state index in [-0.39, 0.29) is 21.7 Å². The van der Waals surface area contributed by atoms with Gasteiger partial charge in [0, 0.05) is 37.1 Å². The van der Waals surface area contributed by atoms with E-state index in [1.807, 2.05) is 6.07 Å². The fourth-order valence-electron chi connectivity index (χ4n) is 2.71. The van der Waals surface area contributed by atoms with Gasteiger partial charge in [0.15, 0.2) is 0 Å². The molecule has 2 N–H and O–H groups in total. The maximum absolute atomic E-state index is 12.7. The van der Waals surface area contributed by atoms with Crippen molar-refractivity contribution >= 4 is 27.4 Å². The molecule has 0 atom stereocenters. The van der Waals surface area contributed by atoms with Crippen LogP contribution in [0.3, 0.4) is 0 Å². The molecule has 0 unspecified atom stereocenters. The maximum atomic E-state index is 12.7. The highest BCUT2D eigenvalue weighted by Crippen LogP contribution is 2.31. The van der Waals surface area contributed by atoms with E-state index in [0.717, 1.165) is 5.69 Å². The first kappa shape index (κ1) is 16.1. The number of pyridine rings is 1. The van der Waals surface area contributed by atoms with E-state index in [2.05, 4.69) is 15.0 Å². The fourth-order valence-corrected chi connectivity index (χ4v) is 4.50. The zero-order chi connectivity index (χ0) is 16.4. The molecule has 3 heterocycles. The number of nitrogens with two attached hydrogens (primary N) is 1. The minimum Gasteiger partial charge on any atom is -0.383 e. The van der Waals surface area contributed by atoms with Crippen LogP contribution in [0.5, 0.6) is 0 Å². The lowest BCUT2D eigenvalue weighted by atomic mass is 9.94. The van der Waals surface area contributed by atoms with Crippen molar-refractivity contribution in [1.82, 2.24) is 19.3 Å². The quantitative estimate of drug-likeness (QED) is 0.900. The highest BCUT2D eigenvalue weighted by Gasteiger charge is 2.32. The third kappa shape index (κ3) is 3.29.